The number of likely N-dealkylation sites (tertiary alicyclic amines) is 1. The Hall–Kier alpha value is -2.19. The molecule has 1 amide bonds. The van der Waals surface area contributed by atoms with Gasteiger partial charge < -0.3 is 19.7 Å². The summed E-state index contributed by atoms with van der Waals surface area (Å²) in [6.45, 7) is 3.41. The van der Waals surface area contributed by atoms with Crippen molar-refractivity contribution in [2.24, 2.45) is 11.3 Å². The minimum absolute atomic E-state index is 0.154. The molecule has 132 valence electrons. The molecule has 4 heterocycles. The lowest BCUT2D eigenvalue weighted by molar-refractivity contribution is -0.157. The standard InChI is InChI=1S/C17H19N3O4S/c1-10-19-14(8-25-10)11-4-13(18-5-11)15(21)20-6-12-7-24-3-2-17(12,9-20)16(22)23/h4-5,8,12,18H,2-3,6-7,9H2,1H3,(H,22,23)/t12-,17+/m0/s1. The molecule has 0 bridgehead atoms. The number of aromatic nitrogens is 2. The summed E-state index contributed by atoms with van der Waals surface area (Å²) in [6, 6.07) is 1.78. The number of aryl methyl sites for hydroxylation is 1. The van der Waals surface area contributed by atoms with Crippen molar-refractivity contribution in [3.05, 3.63) is 28.3 Å². The van der Waals surface area contributed by atoms with E-state index in [1.807, 2.05) is 12.3 Å². The van der Waals surface area contributed by atoms with Gasteiger partial charge in [0.2, 0.25) is 0 Å². The Morgan fingerprint density at radius 2 is 2.36 bits per heavy atom. The van der Waals surface area contributed by atoms with E-state index in [1.54, 1.807) is 28.5 Å². The summed E-state index contributed by atoms with van der Waals surface area (Å²) < 4.78 is 5.44. The minimum atomic E-state index is -0.880. The Morgan fingerprint density at radius 3 is 3.04 bits per heavy atom. The molecule has 4 rings (SSSR count). The molecular formula is C17H19N3O4S. The zero-order valence-corrected chi connectivity index (χ0v) is 14.6. The van der Waals surface area contributed by atoms with Crippen molar-refractivity contribution in [2.75, 3.05) is 26.3 Å². The topological polar surface area (TPSA) is 95.5 Å². The zero-order chi connectivity index (χ0) is 17.6. The second-order valence-electron chi connectivity index (χ2n) is 6.72. The molecule has 2 aromatic heterocycles. The van der Waals surface area contributed by atoms with Crippen LogP contribution in [0, 0.1) is 18.3 Å². The van der Waals surface area contributed by atoms with Gasteiger partial charge in [-0.05, 0) is 19.4 Å². The minimum Gasteiger partial charge on any atom is -0.481 e. The highest BCUT2D eigenvalue weighted by Crippen LogP contribution is 2.42. The average molecular weight is 361 g/mol. The van der Waals surface area contributed by atoms with Crippen LogP contribution >= 0.6 is 11.3 Å². The second-order valence-corrected chi connectivity index (χ2v) is 7.78. The number of amides is 1. The van der Waals surface area contributed by atoms with E-state index in [0.29, 0.717) is 31.9 Å². The Bertz CT molecular complexity index is 829. The molecule has 2 N–H and O–H groups in total. The number of aliphatic carboxylic acids is 1. The molecular weight excluding hydrogens is 342 g/mol. The van der Waals surface area contributed by atoms with Gasteiger partial charge in [-0.25, -0.2) is 4.98 Å². The maximum absolute atomic E-state index is 12.8. The lowest BCUT2D eigenvalue weighted by Crippen LogP contribution is -2.45. The highest BCUT2D eigenvalue weighted by atomic mass is 32.1. The summed E-state index contributed by atoms with van der Waals surface area (Å²) in [4.78, 5) is 33.8. The number of carbonyl (C=O) groups excluding carboxylic acids is 1. The van der Waals surface area contributed by atoms with Crippen molar-refractivity contribution in [1.82, 2.24) is 14.9 Å². The number of H-pyrrole nitrogens is 1. The highest BCUT2D eigenvalue weighted by Gasteiger charge is 2.55. The van der Waals surface area contributed by atoms with E-state index in [4.69, 9.17) is 4.74 Å². The Morgan fingerprint density at radius 1 is 1.52 bits per heavy atom. The first-order valence-corrected chi connectivity index (χ1v) is 9.09. The lowest BCUT2D eigenvalue weighted by Gasteiger charge is -2.33. The molecule has 2 atom stereocenters. The number of carbonyl (C=O) groups is 2. The number of aromatic amines is 1. The quantitative estimate of drug-likeness (QED) is 0.872. The van der Waals surface area contributed by atoms with E-state index in [-0.39, 0.29) is 18.4 Å². The van der Waals surface area contributed by atoms with Gasteiger partial charge in [0, 0.05) is 42.8 Å². The van der Waals surface area contributed by atoms with Crippen LogP contribution < -0.4 is 0 Å². The second kappa shape index (κ2) is 5.96. The highest BCUT2D eigenvalue weighted by molar-refractivity contribution is 7.09. The van der Waals surface area contributed by atoms with E-state index in [9.17, 15) is 14.7 Å². The number of hydrogen-bond donors (Lipinski definition) is 2. The maximum atomic E-state index is 12.8. The maximum Gasteiger partial charge on any atom is 0.311 e. The van der Waals surface area contributed by atoms with Crippen molar-refractivity contribution in [3.8, 4) is 11.3 Å². The smallest absolute Gasteiger partial charge is 0.311 e. The Balaban J connectivity index is 1.56. The van der Waals surface area contributed by atoms with Gasteiger partial charge in [-0.2, -0.15) is 0 Å². The van der Waals surface area contributed by atoms with Gasteiger partial charge in [-0.3, -0.25) is 9.59 Å². The van der Waals surface area contributed by atoms with Crippen molar-refractivity contribution in [1.29, 1.82) is 0 Å². The summed E-state index contributed by atoms with van der Waals surface area (Å²) in [5, 5.41) is 12.6. The van der Waals surface area contributed by atoms with Gasteiger partial charge in [0.05, 0.1) is 22.7 Å². The molecule has 0 radical (unpaired) electrons. The molecule has 2 aliphatic heterocycles. The number of rotatable bonds is 3. The summed E-state index contributed by atoms with van der Waals surface area (Å²) in [5.41, 5.74) is 1.28. The third-order valence-corrected chi connectivity index (χ3v) is 6.02. The van der Waals surface area contributed by atoms with Crippen LogP contribution in [0.2, 0.25) is 0 Å². The molecule has 25 heavy (non-hydrogen) atoms. The van der Waals surface area contributed by atoms with Gasteiger partial charge >= 0.3 is 5.97 Å². The average Bonchev–Trinajstić information content (AvgIpc) is 3.31. The summed E-state index contributed by atoms with van der Waals surface area (Å²) >= 11 is 1.56. The van der Waals surface area contributed by atoms with E-state index in [1.165, 1.54) is 0 Å². The van der Waals surface area contributed by atoms with E-state index >= 15 is 0 Å². The third-order valence-electron chi connectivity index (χ3n) is 5.25. The van der Waals surface area contributed by atoms with Gasteiger partial charge in [0.1, 0.15) is 5.69 Å². The van der Waals surface area contributed by atoms with Gasteiger partial charge in [0.25, 0.3) is 5.91 Å². The molecule has 2 saturated heterocycles. The molecule has 7 nitrogen and oxygen atoms in total. The van der Waals surface area contributed by atoms with Crippen molar-refractivity contribution in [3.63, 3.8) is 0 Å². The SMILES string of the molecule is Cc1nc(-c2c[nH]c(C(=O)N3C[C@H]4COCC[C@@]4(C(=O)O)C3)c2)cs1. The number of fused-ring (bicyclic) bond motifs is 1. The number of ether oxygens (including phenoxy) is 1. The first-order chi connectivity index (χ1) is 12.0. The first-order valence-electron chi connectivity index (χ1n) is 8.21. The molecule has 0 spiro atoms. The summed E-state index contributed by atoms with van der Waals surface area (Å²) in [5.74, 6) is -1.16. The lowest BCUT2D eigenvalue weighted by atomic mass is 9.74. The summed E-state index contributed by atoms with van der Waals surface area (Å²) in [6.07, 6.45) is 2.21. The normalized spacial score (nSPS) is 25.8. The monoisotopic (exact) mass is 361 g/mol. The molecule has 2 aromatic rings. The Kier molecular flexibility index (Phi) is 3.88. The Labute approximate surface area is 148 Å². The zero-order valence-electron chi connectivity index (χ0n) is 13.8. The molecule has 0 aliphatic carbocycles. The van der Waals surface area contributed by atoms with Gasteiger partial charge in [-0.15, -0.1) is 11.3 Å². The fourth-order valence-electron chi connectivity index (χ4n) is 3.79. The predicted molar refractivity (Wildman–Crippen MR) is 91.5 cm³/mol. The molecule has 2 fully saturated rings. The fraction of sp³-hybridized carbons (Fsp3) is 0.471. The number of thiazole rings is 1. The van der Waals surface area contributed by atoms with Crippen molar-refractivity contribution >= 4 is 23.2 Å². The van der Waals surface area contributed by atoms with E-state index in [0.717, 1.165) is 16.3 Å². The summed E-state index contributed by atoms with van der Waals surface area (Å²) in [7, 11) is 0. The largest absolute Gasteiger partial charge is 0.481 e. The third kappa shape index (κ3) is 2.65. The van der Waals surface area contributed by atoms with Crippen LogP contribution in [-0.2, 0) is 9.53 Å². The number of carboxylic acid groups (broad SMARTS) is 1. The van der Waals surface area contributed by atoms with E-state index < -0.39 is 11.4 Å². The van der Waals surface area contributed by atoms with E-state index in [2.05, 4.69) is 9.97 Å². The molecule has 8 heteroatoms. The fourth-order valence-corrected chi connectivity index (χ4v) is 4.41. The van der Waals surface area contributed by atoms with Crippen LogP contribution in [0.4, 0.5) is 0 Å². The van der Waals surface area contributed by atoms with Crippen LogP contribution in [-0.4, -0.2) is 58.2 Å². The number of hydrogen-bond acceptors (Lipinski definition) is 5. The van der Waals surface area contributed by atoms with Crippen LogP contribution in [0.5, 0.6) is 0 Å². The van der Waals surface area contributed by atoms with Gasteiger partial charge in [0.15, 0.2) is 0 Å². The van der Waals surface area contributed by atoms with Crippen molar-refractivity contribution in [2.45, 2.75) is 13.3 Å². The van der Waals surface area contributed by atoms with Crippen LogP contribution in [0.3, 0.4) is 0 Å². The molecule has 0 aromatic carbocycles. The van der Waals surface area contributed by atoms with Crippen LogP contribution in [0.15, 0.2) is 17.6 Å². The number of carboxylic acids is 1. The van der Waals surface area contributed by atoms with Crippen molar-refractivity contribution < 1.29 is 19.4 Å². The molecule has 0 unspecified atom stereocenters. The first kappa shape index (κ1) is 16.3. The van der Waals surface area contributed by atoms with Crippen LogP contribution in [0.1, 0.15) is 21.9 Å². The number of nitrogens with one attached hydrogen (secondary N) is 1. The van der Waals surface area contributed by atoms with Gasteiger partial charge in [-0.1, -0.05) is 0 Å². The number of nitrogens with zero attached hydrogens (tertiary/aromatic N) is 2. The predicted octanol–water partition coefficient (Wildman–Crippen LogP) is 2.01. The molecule has 0 saturated carbocycles. The molecule has 2 aliphatic rings. The van der Waals surface area contributed by atoms with Crippen LogP contribution in [0.25, 0.3) is 11.3 Å².